The number of nitrogens with two attached hydrogens (primary N) is 1. The third kappa shape index (κ3) is 19.7. The smallest absolute Gasteiger partial charge is 0.314 e. The molecule has 1 unspecified atom stereocenters. The molecule has 0 spiro atoms. The highest BCUT2D eigenvalue weighted by Crippen LogP contribution is 2.50. The minimum atomic E-state index is -0.722. The molecule has 0 saturated carbocycles. The van der Waals surface area contributed by atoms with E-state index in [0.29, 0.717) is 0 Å². The highest BCUT2D eigenvalue weighted by Gasteiger charge is 2.54. The van der Waals surface area contributed by atoms with Crippen molar-refractivity contribution in [2.45, 2.75) is 238 Å². The van der Waals surface area contributed by atoms with Crippen molar-refractivity contribution in [3.63, 3.8) is 0 Å². The van der Waals surface area contributed by atoms with E-state index in [4.69, 9.17) is 10.5 Å². The predicted molar refractivity (Wildman–Crippen MR) is 216 cm³/mol. The molecule has 0 bridgehead atoms. The molecule has 1 rings (SSSR count). The van der Waals surface area contributed by atoms with Gasteiger partial charge in [-0.2, -0.15) is 0 Å². The second-order valence-corrected chi connectivity index (χ2v) is 15.7. The van der Waals surface area contributed by atoms with E-state index in [1.807, 2.05) is 0 Å². The maximum atomic E-state index is 14.2. The first-order chi connectivity index (χ1) is 24.0. The number of carbonyl (C=O) groups is 1. The summed E-state index contributed by atoms with van der Waals surface area (Å²) in [4.78, 5) is 14.2. The number of unbranched alkanes of at least 4 members (excludes halogenated alkanes) is 27. The standard InChI is InChI=1S/C46H85NO2/c1-5-8-11-14-17-20-23-26-29-35-40-45(44(48)49-4,41-36-30-27-24-21-18-15-12-9-6-2)46(47,43-38-33-32-34-39-43)42-37-31-28-25-22-19-16-13-10-7-3/h32-34,38-39H,5-31,35-37,40-42,47H2,1-4H3. The molecule has 0 amide bonds. The third-order valence-corrected chi connectivity index (χ3v) is 11.6. The van der Waals surface area contributed by atoms with E-state index in [2.05, 4.69) is 51.1 Å². The Kier molecular flexibility index (Phi) is 29.3. The van der Waals surface area contributed by atoms with Crippen molar-refractivity contribution in [1.29, 1.82) is 0 Å². The minimum Gasteiger partial charge on any atom is -0.469 e. The van der Waals surface area contributed by atoms with E-state index in [9.17, 15) is 4.79 Å². The molecule has 0 aliphatic heterocycles. The maximum Gasteiger partial charge on any atom is 0.314 e. The second-order valence-electron chi connectivity index (χ2n) is 15.7. The predicted octanol–water partition coefficient (Wildman–Crippen LogP) is 14.9. The van der Waals surface area contributed by atoms with Crippen LogP contribution in [-0.4, -0.2) is 13.1 Å². The molecular weight excluding hydrogens is 599 g/mol. The highest BCUT2D eigenvalue weighted by molar-refractivity contribution is 5.79. The zero-order valence-electron chi connectivity index (χ0n) is 33.6. The average Bonchev–Trinajstić information content (AvgIpc) is 3.13. The zero-order valence-corrected chi connectivity index (χ0v) is 33.6. The van der Waals surface area contributed by atoms with Gasteiger partial charge in [-0.25, -0.2) is 0 Å². The topological polar surface area (TPSA) is 52.3 Å². The number of ether oxygens (including phenoxy) is 1. The Morgan fingerprint density at radius 3 is 1.06 bits per heavy atom. The van der Waals surface area contributed by atoms with Crippen LogP contribution in [0.2, 0.25) is 0 Å². The van der Waals surface area contributed by atoms with Crippen molar-refractivity contribution in [3.05, 3.63) is 35.9 Å². The van der Waals surface area contributed by atoms with Crippen molar-refractivity contribution in [2.75, 3.05) is 7.11 Å². The average molecular weight is 684 g/mol. The molecule has 1 atom stereocenters. The number of rotatable bonds is 36. The number of hydrogen-bond donors (Lipinski definition) is 1. The second kappa shape index (κ2) is 31.4. The first kappa shape index (κ1) is 45.7. The molecule has 286 valence electrons. The van der Waals surface area contributed by atoms with Crippen molar-refractivity contribution >= 4 is 5.97 Å². The van der Waals surface area contributed by atoms with E-state index in [-0.39, 0.29) is 5.97 Å². The van der Waals surface area contributed by atoms with Gasteiger partial charge in [0.15, 0.2) is 0 Å². The van der Waals surface area contributed by atoms with Gasteiger partial charge >= 0.3 is 5.97 Å². The molecule has 1 aromatic rings. The summed E-state index contributed by atoms with van der Waals surface area (Å²) in [5, 5.41) is 0. The van der Waals surface area contributed by atoms with E-state index < -0.39 is 11.0 Å². The van der Waals surface area contributed by atoms with Gasteiger partial charge in [0.25, 0.3) is 0 Å². The minimum absolute atomic E-state index is 0.0715. The van der Waals surface area contributed by atoms with E-state index in [1.54, 1.807) is 7.11 Å². The van der Waals surface area contributed by atoms with Gasteiger partial charge in [-0.3, -0.25) is 4.79 Å². The Hall–Kier alpha value is -1.35. The quantitative estimate of drug-likeness (QED) is 0.0566. The van der Waals surface area contributed by atoms with Crippen LogP contribution in [0.1, 0.15) is 238 Å². The molecule has 3 heteroatoms. The summed E-state index contributed by atoms with van der Waals surface area (Å²) in [5.41, 5.74) is 7.43. The Labute approximate surface area is 307 Å². The summed E-state index contributed by atoms with van der Waals surface area (Å²) >= 11 is 0. The van der Waals surface area contributed by atoms with Crippen LogP contribution < -0.4 is 5.73 Å². The summed E-state index contributed by atoms with van der Waals surface area (Å²) in [5.74, 6) is -0.0715. The SMILES string of the molecule is CCCCCCCCCCCCC(CCCCCCCCCCCC)(C(=O)OC)C(N)(CCCCCCCCCCCC)c1ccccc1. The van der Waals surface area contributed by atoms with Crippen LogP contribution in [0.15, 0.2) is 30.3 Å². The lowest BCUT2D eigenvalue weighted by molar-refractivity contribution is -0.160. The number of hydrogen-bond acceptors (Lipinski definition) is 3. The monoisotopic (exact) mass is 684 g/mol. The molecule has 0 heterocycles. The van der Waals surface area contributed by atoms with Crippen molar-refractivity contribution < 1.29 is 9.53 Å². The van der Waals surface area contributed by atoms with Gasteiger partial charge < -0.3 is 10.5 Å². The number of methoxy groups -OCH3 is 1. The fraction of sp³-hybridized carbons (Fsp3) is 0.848. The van der Waals surface area contributed by atoms with Crippen LogP contribution in [0.25, 0.3) is 0 Å². The molecule has 0 fully saturated rings. The third-order valence-electron chi connectivity index (χ3n) is 11.6. The van der Waals surface area contributed by atoms with Gasteiger partial charge in [-0.15, -0.1) is 0 Å². The van der Waals surface area contributed by atoms with E-state index in [0.717, 1.165) is 44.1 Å². The Morgan fingerprint density at radius 1 is 0.469 bits per heavy atom. The van der Waals surface area contributed by atoms with Gasteiger partial charge in [0, 0.05) is 0 Å². The molecule has 49 heavy (non-hydrogen) atoms. The number of esters is 1. The lowest BCUT2D eigenvalue weighted by Crippen LogP contribution is -2.57. The number of benzene rings is 1. The molecule has 2 N–H and O–H groups in total. The molecule has 0 saturated heterocycles. The van der Waals surface area contributed by atoms with Gasteiger partial charge in [0.05, 0.1) is 18.1 Å². The number of carbonyl (C=O) groups excluding carboxylic acids is 1. The fourth-order valence-electron chi connectivity index (χ4n) is 8.27. The van der Waals surface area contributed by atoms with Gasteiger partial charge in [-0.05, 0) is 24.8 Å². The lowest BCUT2D eigenvalue weighted by Gasteiger charge is -2.47. The van der Waals surface area contributed by atoms with Crippen molar-refractivity contribution in [1.82, 2.24) is 0 Å². The molecule has 3 nitrogen and oxygen atoms in total. The van der Waals surface area contributed by atoms with Crippen molar-refractivity contribution in [2.24, 2.45) is 11.1 Å². The Bertz CT molecular complexity index is 830. The Balaban J connectivity index is 2.97. The lowest BCUT2D eigenvalue weighted by atomic mass is 9.59. The van der Waals surface area contributed by atoms with Gasteiger partial charge in [0.2, 0.25) is 0 Å². The first-order valence-corrected chi connectivity index (χ1v) is 21.9. The van der Waals surface area contributed by atoms with Crippen LogP contribution >= 0.6 is 0 Å². The molecule has 0 aromatic heterocycles. The highest BCUT2D eigenvalue weighted by atomic mass is 16.5. The van der Waals surface area contributed by atoms with Crippen LogP contribution in [0.3, 0.4) is 0 Å². The van der Waals surface area contributed by atoms with Gasteiger partial charge in [-0.1, -0.05) is 244 Å². The molecular formula is C46H85NO2. The summed E-state index contributed by atoms with van der Waals surface area (Å²) in [6.45, 7) is 6.86. The fourth-order valence-corrected chi connectivity index (χ4v) is 8.27. The van der Waals surface area contributed by atoms with Gasteiger partial charge in [0.1, 0.15) is 0 Å². The molecule has 0 radical (unpaired) electrons. The zero-order chi connectivity index (χ0) is 35.7. The van der Waals surface area contributed by atoms with Crippen molar-refractivity contribution in [3.8, 4) is 0 Å². The van der Waals surface area contributed by atoms with Crippen LogP contribution in [0.5, 0.6) is 0 Å². The van der Waals surface area contributed by atoms with E-state index in [1.165, 1.54) is 173 Å². The summed E-state index contributed by atoms with van der Waals surface area (Å²) in [6.07, 6.45) is 41.4. The van der Waals surface area contributed by atoms with Crippen LogP contribution in [0.4, 0.5) is 0 Å². The molecule has 1 aromatic carbocycles. The normalized spacial score (nSPS) is 13.1. The summed E-state index contributed by atoms with van der Waals surface area (Å²) in [6, 6.07) is 10.7. The maximum absolute atomic E-state index is 14.2. The largest absolute Gasteiger partial charge is 0.469 e. The van der Waals surface area contributed by atoms with Crippen LogP contribution in [-0.2, 0) is 15.1 Å². The van der Waals surface area contributed by atoms with Crippen LogP contribution in [0, 0.1) is 5.41 Å². The summed E-state index contributed by atoms with van der Waals surface area (Å²) < 4.78 is 5.75. The summed E-state index contributed by atoms with van der Waals surface area (Å²) in [7, 11) is 1.60. The Morgan fingerprint density at radius 2 is 0.755 bits per heavy atom. The first-order valence-electron chi connectivity index (χ1n) is 21.9. The molecule has 0 aliphatic carbocycles. The van der Waals surface area contributed by atoms with E-state index >= 15 is 0 Å². The molecule has 0 aliphatic rings.